The van der Waals surface area contributed by atoms with Gasteiger partial charge < -0.3 is 5.73 Å². The molecule has 6 heteroatoms. The van der Waals surface area contributed by atoms with Crippen LogP contribution in [0.4, 0.5) is 5.82 Å². The Morgan fingerprint density at radius 3 is 2.71 bits per heavy atom. The third-order valence-electron chi connectivity index (χ3n) is 2.53. The molecule has 2 aromatic heterocycles. The third-order valence-corrected chi connectivity index (χ3v) is 2.53. The maximum absolute atomic E-state index is 8.95. The maximum Gasteiger partial charge on any atom is 0.197 e. The number of fused-ring (bicyclic) bond motifs is 1. The summed E-state index contributed by atoms with van der Waals surface area (Å²) in [4.78, 5) is 0. The normalized spacial score (nSPS) is 10.5. The van der Waals surface area contributed by atoms with Crippen LogP contribution in [0.15, 0.2) is 30.3 Å². The van der Waals surface area contributed by atoms with Crippen molar-refractivity contribution in [2.75, 3.05) is 5.73 Å². The van der Waals surface area contributed by atoms with E-state index in [9.17, 15) is 0 Å². The van der Waals surface area contributed by atoms with Crippen LogP contribution < -0.4 is 5.73 Å². The molecule has 0 radical (unpaired) electrons. The summed E-state index contributed by atoms with van der Waals surface area (Å²) in [5, 5.41) is 19.8. The molecule has 0 unspecified atom stereocenters. The number of benzene rings is 1. The SMILES string of the molecule is N#Cc1c(N)[nH]n2c(-c3ccccc3)nnc12. The van der Waals surface area contributed by atoms with Gasteiger partial charge in [0.1, 0.15) is 17.5 Å². The molecule has 17 heavy (non-hydrogen) atoms. The van der Waals surface area contributed by atoms with Crippen LogP contribution >= 0.6 is 0 Å². The van der Waals surface area contributed by atoms with E-state index in [0.29, 0.717) is 22.9 Å². The Kier molecular flexibility index (Phi) is 1.86. The first-order valence-electron chi connectivity index (χ1n) is 4.99. The molecule has 0 aliphatic heterocycles. The van der Waals surface area contributed by atoms with Crippen molar-refractivity contribution in [3.8, 4) is 17.5 Å². The number of hydrogen-bond donors (Lipinski definition) is 2. The topological polar surface area (TPSA) is 95.8 Å². The molecule has 0 aliphatic rings. The predicted molar refractivity (Wildman–Crippen MR) is 61.9 cm³/mol. The molecule has 0 amide bonds. The summed E-state index contributed by atoms with van der Waals surface area (Å²) in [6.45, 7) is 0. The Balaban J connectivity index is 2.31. The number of hydrogen-bond acceptors (Lipinski definition) is 4. The number of nitriles is 1. The lowest BCUT2D eigenvalue weighted by atomic mass is 10.2. The van der Waals surface area contributed by atoms with Gasteiger partial charge >= 0.3 is 0 Å². The molecule has 0 saturated carbocycles. The average molecular weight is 224 g/mol. The Bertz CT molecular complexity index is 716. The van der Waals surface area contributed by atoms with Crippen molar-refractivity contribution < 1.29 is 0 Å². The first kappa shape index (κ1) is 9.42. The zero-order valence-electron chi connectivity index (χ0n) is 8.75. The summed E-state index contributed by atoms with van der Waals surface area (Å²) in [6.07, 6.45) is 0. The molecule has 0 fully saturated rings. The Morgan fingerprint density at radius 2 is 2.00 bits per heavy atom. The molecule has 0 spiro atoms. The van der Waals surface area contributed by atoms with Crippen LogP contribution in [0, 0.1) is 11.3 Å². The van der Waals surface area contributed by atoms with Crippen LogP contribution in [0.25, 0.3) is 17.0 Å². The van der Waals surface area contributed by atoms with Crippen molar-refractivity contribution in [2.24, 2.45) is 0 Å². The molecule has 3 rings (SSSR count). The van der Waals surface area contributed by atoms with E-state index in [4.69, 9.17) is 11.0 Å². The largest absolute Gasteiger partial charge is 0.383 e. The van der Waals surface area contributed by atoms with E-state index >= 15 is 0 Å². The number of aromatic nitrogens is 4. The molecule has 1 aromatic carbocycles. The molecule has 2 heterocycles. The standard InChI is InChI=1S/C11H8N6/c12-6-8-9(13)16-17-10(14-15-11(8)17)7-4-2-1-3-5-7/h1-5,16H,13H2. The highest BCUT2D eigenvalue weighted by Crippen LogP contribution is 2.21. The van der Waals surface area contributed by atoms with E-state index in [1.807, 2.05) is 36.4 Å². The number of nitrogens with two attached hydrogens (primary N) is 1. The lowest BCUT2D eigenvalue weighted by molar-refractivity contribution is 0.972. The van der Waals surface area contributed by atoms with Crippen LogP contribution in [-0.4, -0.2) is 19.8 Å². The molecule has 3 aromatic rings. The number of anilines is 1. The van der Waals surface area contributed by atoms with Gasteiger partial charge in [-0.1, -0.05) is 30.3 Å². The Labute approximate surface area is 96.3 Å². The van der Waals surface area contributed by atoms with Gasteiger partial charge in [0.2, 0.25) is 0 Å². The van der Waals surface area contributed by atoms with Crippen molar-refractivity contribution in [3.63, 3.8) is 0 Å². The number of H-pyrrole nitrogens is 1. The Morgan fingerprint density at radius 1 is 1.24 bits per heavy atom. The van der Waals surface area contributed by atoms with Crippen LogP contribution in [-0.2, 0) is 0 Å². The smallest absolute Gasteiger partial charge is 0.197 e. The minimum absolute atomic E-state index is 0.301. The number of nitrogens with zero attached hydrogens (tertiary/aromatic N) is 4. The molecule has 6 nitrogen and oxygen atoms in total. The summed E-state index contributed by atoms with van der Waals surface area (Å²) >= 11 is 0. The average Bonchev–Trinajstić information content (AvgIpc) is 2.87. The fourth-order valence-corrected chi connectivity index (χ4v) is 1.73. The van der Waals surface area contributed by atoms with Gasteiger partial charge in [0.25, 0.3) is 0 Å². The van der Waals surface area contributed by atoms with Crippen molar-refractivity contribution in [1.82, 2.24) is 19.8 Å². The second-order valence-electron chi connectivity index (χ2n) is 3.56. The van der Waals surface area contributed by atoms with E-state index < -0.39 is 0 Å². The van der Waals surface area contributed by atoms with Crippen molar-refractivity contribution in [1.29, 1.82) is 5.26 Å². The highest BCUT2D eigenvalue weighted by atomic mass is 15.4. The Hall–Kier alpha value is -2.81. The predicted octanol–water partition coefficient (Wildman–Crippen LogP) is 1.18. The number of aromatic amines is 1. The molecule has 0 bridgehead atoms. The van der Waals surface area contributed by atoms with Crippen LogP contribution in [0.2, 0.25) is 0 Å². The van der Waals surface area contributed by atoms with Gasteiger partial charge in [0.05, 0.1) is 0 Å². The molecule has 0 aliphatic carbocycles. The van der Waals surface area contributed by atoms with Gasteiger partial charge in [-0.2, -0.15) is 5.26 Å². The second-order valence-corrected chi connectivity index (χ2v) is 3.56. The zero-order chi connectivity index (χ0) is 11.8. The molecule has 3 N–H and O–H groups in total. The summed E-state index contributed by atoms with van der Waals surface area (Å²) in [6, 6.07) is 11.6. The van der Waals surface area contributed by atoms with Crippen molar-refractivity contribution in [2.45, 2.75) is 0 Å². The summed E-state index contributed by atoms with van der Waals surface area (Å²) in [7, 11) is 0. The first-order chi connectivity index (χ1) is 8.31. The third kappa shape index (κ3) is 1.26. The first-order valence-corrected chi connectivity index (χ1v) is 4.99. The van der Waals surface area contributed by atoms with Gasteiger partial charge in [-0.15, -0.1) is 10.2 Å². The van der Waals surface area contributed by atoms with Crippen LogP contribution in [0.5, 0.6) is 0 Å². The zero-order valence-corrected chi connectivity index (χ0v) is 8.75. The van der Waals surface area contributed by atoms with E-state index in [1.165, 1.54) is 0 Å². The van der Waals surface area contributed by atoms with Gasteiger partial charge in [0.15, 0.2) is 11.5 Å². The van der Waals surface area contributed by atoms with Gasteiger partial charge in [0, 0.05) is 5.56 Å². The second kappa shape index (κ2) is 3.35. The highest BCUT2D eigenvalue weighted by Gasteiger charge is 2.15. The van der Waals surface area contributed by atoms with Crippen molar-refractivity contribution in [3.05, 3.63) is 35.9 Å². The van der Waals surface area contributed by atoms with Gasteiger partial charge in [-0.3, -0.25) is 5.10 Å². The number of nitrogens with one attached hydrogen (secondary N) is 1. The quantitative estimate of drug-likeness (QED) is 0.648. The van der Waals surface area contributed by atoms with Gasteiger partial charge in [-0.05, 0) is 0 Å². The monoisotopic (exact) mass is 224 g/mol. The summed E-state index contributed by atoms with van der Waals surface area (Å²) < 4.78 is 1.61. The minimum Gasteiger partial charge on any atom is -0.383 e. The van der Waals surface area contributed by atoms with E-state index in [-0.39, 0.29) is 0 Å². The summed E-state index contributed by atoms with van der Waals surface area (Å²) in [5.74, 6) is 0.934. The minimum atomic E-state index is 0.301. The fourth-order valence-electron chi connectivity index (χ4n) is 1.73. The van der Waals surface area contributed by atoms with Gasteiger partial charge in [-0.25, -0.2) is 4.52 Å². The molecule has 82 valence electrons. The summed E-state index contributed by atoms with van der Waals surface area (Å²) in [5.41, 5.74) is 7.36. The van der Waals surface area contributed by atoms with Crippen LogP contribution in [0.1, 0.15) is 5.56 Å². The molecular formula is C11H8N6. The lowest BCUT2D eigenvalue weighted by Gasteiger charge is -1.95. The van der Waals surface area contributed by atoms with E-state index in [1.54, 1.807) is 4.52 Å². The maximum atomic E-state index is 8.95. The van der Waals surface area contributed by atoms with Crippen LogP contribution in [0.3, 0.4) is 0 Å². The molecule has 0 atom stereocenters. The van der Waals surface area contributed by atoms with E-state index in [2.05, 4.69) is 15.3 Å². The van der Waals surface area contributed by atoms with E-state index in [0.717, 1.165) is 5.56 Å². The fraction of sp³-hybridized carbons (Fsp3) is 0. The highest BCUT2D eigenvalue weighted by molar-refractivity contribution is 5.69. The lowest BCUT2D eigenvalue weighted by Crippen LogP contribution is -1.92. The number of rotatable bonds is 1. The van der Waals surface area contributed by atoms with Crippen molar-refractivity contribution >= 4 is 11.5 Å². The number of nitrogen functional groups attached to an aromatic ring is 1. The molecule has 0 saturated heterocycles. The molecular weight excluding hydrogens is 216 g/mol.